The molecule has 0 amide bonds. The van der Waals surface area contributed by atoms with Crippen LogP contribution in [0, 0.1) is 6.92 Å². The van der Waals surface area contributed by atoms with Crippen molar-refractivity contribution < 1.29 is 0 Å². The van der Waals surface area contributed by atoms with Crippen LogP contribution in [0.5, 0.6) is 0 Å². The third kappa shape index (κ3) is 2.33. The molecule has 0 aliphatic carbocycles. The Morgan fingerprint density at radius 1 is 1.25 bits per heavy atom. The third-order valence-electron chi connectivity index (χ3n) is 2.05. The Morgan fingerprint density at radius 3 is 2.62 bits per heavy atom. The molecule has 5 heteroatoms. The molecular formula is C11H9BrClN3. The second-order valence-corrected chi connectivity index (χ2v) is 4.70. The maximum Gasteiger partial charge on any atom is 0.163 e. The van der Waals surface area contributed by atoms with E-state index in [1.165, 1.54) is 0 Å². The predicted molar refractivity (Wildman–Crippen MR) is 69.3 cm³/mol. The van der Waals surface area contributed by atoms with Gasteiger partial charge in [0.1, 0.15) is 5.82 Å². The normalized spacial score (nSPS) is 10.4. The molecule has 3 nitrogen and oxygen atoms in total. The first-order valence-corrected chi connectivity index (χ1v) is 5.80. The minimum Gasteiger partial charge on any atom is -0.384 e. The van der Waals surface area contributed by atoms with Crippen molar-refractivity contribution in [3.05, 3.63) is 39.5 Å². The summed E-state index contributed by atoms with van der Waals surface area (Å²) in [5.74, 6) is 0.997. The lowest BCUT2D eigenvalue weighted by atomic mass is 10.2. The zero-order valence-corrected chi connectivity index (χ0v) is 10.9. The Hall–Kier alpha value is -1.13. The van der Waals surface area contributed by atoms with E-state index in [0.29, 0.717) is 16.7 Å². The monoisotopic (exact) mass is 297 g/mol. The first-order chi connectivity index (χ1) is 7.56. The van der Waals surface area contributed by atoms with Gasteiger partial charge in [0.15, 0.2) is 5.82 Å². The van der Waals surface area contributed by atoms with Crippen molar-refractivity contribution in [3.8, 4) is 11.4 Å². The highest BCUT2D eigenvalue weighted by molar-refractivity contribution is 9.10. The van der Waals surface area contributed by atoms with Crippen molar-refractivity contribution in [2.75, 3.05) is 5.73 Å². The summed E-state index contributed by atoms with van der Waals surface area (Å²) in [4.78, 5) is 8.47. The van der Waals surface area contributed by atoms with E-state index in [4.69, 9.17) is 17.3 Å². The first-order valence-electron chi connectivity index (χ1n) is 4.63. The van der Waals surface area contributed by atoms with Crippen molar-refractivity contribution in [1.82, 2.24) is 9.97 Å². The molecule has 0 saturated heterocycles. The van der Waals surface area contributed by atoms with E-state index < -0.39 is 0 Å². The third-order valence-corrected chi connectivity index (χ3v) is 2.85. The highest BCUT2D eigenvalue weighted by atomic mass is 79.9. The summed E-state index contributed by atoms with van der Waals surface area (Å²) in [7, 11) is 0. The molecule has 0 bridgehead atoms. The van der Waals surface area contributed by atoms with Gasteiger partial charge in [-0.3, -0.25) is 0 Å². The maximum absolute atomic E-state index is 6.12. The van der Waals surface area contributed by atoms with Crippen LogP contribution in [0.4, 0.5) is 5.82 Å². The van der Waals surface area contributed by atoms with Gasteiger partial charge >= 0.3 is 0 Å². The molecule has 2 aromatic rings. The molecule has 16 heavy (non-hydrogen) atoms. The van der Waals surface area contributed by atoms with Gasteiger partial charge in [0, 0.05) is 21.8 Å². The van der Waals surface area contributed by atoms with Gasteiger partial charge < -0.3 is 5.73 Å². The summed E-state index contributed by atoms with van der Waals surface area (Å²) < 4.78 is 0.918. The summed E-state index contributed by atoms with van der Waals surface area (Å²) >= 11 is 9.47. The summed E-state index contributed by atoms with van der Waals surface area (Å²) in [6, 6.07) is 7.28. The number of nitrogen functional groups attached to an aromatic ring is 1. The molecule has 1 heterocycles. The van der Waals surface area contributed by atoms with E-state index in [-0.39, 0.29) is 0 Å². The highest BCUT2D eigenvalue weighted by Gasteiger charge is 2.08. The maximum atomic E-state index is 6.12. The second-order valence-electron chi connectivity index (χ2n) is 3.38. The summed E-state index contributed by atoms with van der Waals surface area (Å²) in [6.07, 6.45) is 0. The molecule has 1 aromatic carbocycles. The fraction of sp³-hybridized carbons (Fsp3) is 0.0909. The van der Waals surface area contributed by atoms with E-state index >= 15 is 0 Å². The van der Waals surface area contributed by atoms with Crippen molar-refractivity contribution in [2.45, 2.75) is 6.92 Å². The lowest BCUT2D eigenvalue weighted by Gasteiger charge is -2.05. The van der Waals surface area contributed by atoms with E-state index in [2.05, 4.69) is 25.9 Å². The van der Waals surface area contributed by atoms with E-state index in [1.807, 2.05) is 19.1 Å². The van der Waals surface area contributed by atoms with Gasteiger partial charge in [-0.05, 0) is 25.1 Å². The molecule has 0 aliphatic heterocycles. The Balaban J connectivity index is 2.58. The van der Waals surface area contributed by atoms with Gasteiger partial charge in [-0.2, -0.15) is 0 Å². The summed E-state index contributed by atoms with van der Waals surface area (Å²) in [5, 5.41) is 0.597. The second kappa shape index (κ2) is 4.39. The van der Waals surface area contributed by atoms with Crippen LogP contribution < -0.4 is 5.73 Å². The van der Waals surface area contributed by atoms with Crippen molar-refractivity contribution >= 4 is 33.3 Å². The predicted octanol–water partition coefficient (Wildman–Crippen LogP) is 3.45. The minimum absolute atomic E-state index is 0.446. The standard InChI is InChI=1S/C11H9BrClN3/c1-6-4-10(14)16-11(15-6)8-3-2-7(12)5-9(8)13/h2-5H,1H3,(H2,14,15,16). The molecule has 0 fully saturated rings. The number of hydrogen-bond donors (Lipinski definition) is 1. The average molecular weight is 299 g/mol. The number of aromatic nitrogens is 2. The van der Waals surface area contributed by atoms with E-state index in [1.54, 1.807) is 12.1 Å². The fourth-order valence-corrected chi connectivity index (χ4v) is 2.14. The molecular weight excluding hydrogens is 289 g/mol. The van der Waals surface area contributed by atoms with Crippen LogP contribution in [0.25, 0.3) is 11.4 Å². The molecule has 82 valence electrons. The van der Waals surface area contributed by atoms with Crippen LogP contribution in [0.2, 0.25) is 5.02 Å². The van der Waals surface area contributed by atoms with Gasteiger partial charge in [0.05, 0.1) is 5.02 Å². The molecule has 1 aromatic heterocycles. The topological polar surface area (TPSA) is 51.8 Å². The molecule has 0 atom stereocenters. The van der Waals surface area contributed by atoms with Crippen LogP contribution >= 0.6 is 27.5 Å². The summed E-state index contributed by atoms with van der Waals surface area (Å²) in [6.45, 7) is 1.87. The fourth-order valence-electron chi connectivity index (χ4n) is 1.38. The molecule has 0 radical (unpaired) electrons. The number of nitrogens with two attached hydrogens (primary N) is 1. The molecule has 0 unspecified atom stereocenters. The lowest BCUT2D eigenvalue weighted by molar-refractivity contribution is 1.12. The van der Waals surface area contributed by atoms with Crippen molar-refractivity contribution in [1.29, 1.82) is 0 Å². The van der Waals surface area contributed by atoms with Crippen molar-refractivity contribution in [2.24, 2.45) is 0 Å². The van der Waals surface area contributed by atoms with Crippen LogP contribution in [-0.4, -0.2) is 9.97 Å². The zero-order valence-electron chi connectivity index (χ0n) is 8.54. The Kier molecular flexibility index (Phi) is 3.12. The van der Waals surface area contributed by atoms with Crippen LogP contribution in [0.15, 0.2) is 28.7 Å². The Labute approximate surface area is 107 Å². The SMILES string of the molecule is Cc1cc(N)nc(-c2ccc(Br)cc2Cl)n1. The van der Waals surface area contributed by atoms with Crippen LogP contribution in [-0.2, 0) is 0 Å². The lowest BCUT2D eigenvalue weighted by Crippen LogP contribution is -1.97. The number of anilines is 1. The number of aryl methyl sites for hydroxylation is 1. The van der Waals surface area contributed by atoms with Gasteiger partial charge in [0.25, 0.3) is 0 Å². The quantitative estimate of drug-likeness (QED) is 0.877. The molecule has 0 aliphatic rings. The number of halogens is 2. The number of rotatable bonds is 1. The first kappa shape index (κ1) is 11.4. The summed E-state index contributed by atoms with van der Waals surface area (Å²) in [5.41, 5.74) is 7.27. The van der Waals surface area contributed by atoms with Gasteiger partial charge in [-0.15, -0.1) is 0 Å². The van der Waals surface area contributed by atoms with Gasteiger partial charge in [-0.25, -0.2) is 9.97 Å². The average Bonchev–Trinajstić information content (AvgIpc) is 2.15. The number of hydrogen-bond acceptors (Lipinski definition) is 3. The molecule has 2 rings (SSSR count). The zero-order chi connectivity index (χ0) is 11.7. The number of nitrogens with zero attached hydrogens (tertiary/aromatic N) is 2. The number of benzene rings is 1. The van der Waals surface area contributed by atoms with Crippen LogP contribution in [0.1, 0.15) is 5.69 Å². The van der Waals surface area contributed by atoms with Crippen LogP contribution in [0.3, 0.4) is 0 Å². The van der Waals surface area contributed by atoms with E-state index in [9.17, 15) is 0 Å². The molecule has 0 saturated carbocycles. The highest BCUT2D eigenvalue weighted by Crippen LogP contribution is 2.28. The van der Waals surface area contributed by atoms with E-state index in [0.717, 1.165) is 15.7 Å². The van der Waals surface area contributed by atoms with Crippen molar-refractivity contribution in [3.63, 3.8) is 0 Å². The molecule has 0 spiro atoms. The largest absolute Gasteiger partial charge is 0.384 e. The molecule has 2 N–H and O–H groups in total. The Bertz CT molecular complexity index is 522. The minimum atomic E-state index is 0.446. The smallest absolute Gasteiger partial charge is 0.163 e. The Morgan fingerprint density at radius 2 is 2.00 bits per heavy atom. The van der Waals surface area contributed by atoms with Gasteiger partial charge in [0.2, 0.25) is 0 Å². The van der Waals surface area contributed by atoms with Gasteiger partial charge in [-0.1, -0.05) is 27.5 Å².